The number of nitrogens with zero attached hydrogens (tertiary/aromatic N) is 1. The molecule has 1 saturated heterocycles. The Balaban J connectivity index is 1.60. The monoisotopic (exact) mass is 409 g/mol. The van der Waals surface area contributed by atoms with E-state index in [1.807, 2.05) is 19.4 Å². The van der Waals surface area contributed by atoms with Gasteiger partial charge in [-0.1, -0.05) is 25.7 Å². The lowest BCUT2D eigenvalue weighted by Gasteiger charge is -2.48. The van der Waals surface area contributed by atoms with Crippen LogP contribution in [0.15, 0.2) is 35.5 Å². The second-order valence-electron chi connectivity index (χ2n) is 9.47. The number of ether oxygens (including phenoxy) is 2. The first-order chi connectivity index (χ1) is 14.7. The summed E-state index contributed by atoms with van der Waals surface area (Å²) in [4.78, 5) is 12.4. The van der Waals surface area contributed by atoms with Crippen LogP contribution in [0, 0.1) is 5.92 Å². The van der Waals surface area contributed by atoms with Crippen LogP contribution in [0.3, 0.4) is 0 Å². The van der Waals surface area contributed by atoms with Crippen molar-refractivity contribution in [2.45, 2.75) is 88.6 Å². The van der Waals surface area contributed by atoms with Gasteiger partial charge in [-0.25, -0.2) is 4.99 Å². The molecule has 2 N–H and O–H groups in total. The molecule has 2 aromatic rings. The van der Waals surface area contributed by atoms with Crippen LogP contribution < -0.4 is 0 Å². The highest BCUT2D eigenvalue weighted by atomic mass is 16.6. The van der Waals surface area contributed by atoms with E-state index in [4.69, 9.17) is 14.5 Å². The van der Waals surface area contributed by atoms with Gasteiger partial charge in [0.2, 0.25) is 0 Å². The van der Waals surface area contributed by atoms with E-state index in [9.17, 15) is 0 Å². The van der Waals surface area contributed by atoms with Crippen LogP contribution in [0.25, 0.3) is 0 Å². The van der Waals surface area contributed by atoms with Crippen molar-refractivity contribution in [1.82, 2.24) is 9.97 Å². The molecular formula is C25H35N3O2. The van der Waals surface area contributed by atoms with Crippen LogP contribution in [0.2, 0.25) is 0 Å². The van der Waals surface area contributed by atoms with E-state index >= 15 is 0 Å². The number of aryl methyl sites for hydroxylation is 1. The van der Waals surface area contributed by atoms with Crippen molar-refractivity contribution in [1.29, 1.82) is 0 Å². The summed E-state index contributed by atoms with van der Waals surface area (Å²) < 4.78 is 12.9. The number of aliphatic imine (C=N–C) groups is 1. The quantitative estimate of drug-likeness (QED) is 0.702. The Morgan fingerprint density at radius 2 is 2.00 bits per heavy atom. The van der Waals surface area contributed by atoms with Crippen molar-refractivity contribution in [3.63, 3.8) is 0 Å². The van der Waals surface area contributed by atoms with E-state index in [0.717, 1.165) is 30.7 Å². The third-order valence-corrected chi connectivity index (χ3v) is 7.41. The Bertz CT molecular complexity index is 871. The summed E-state index contributed by atoms with van der Waals surface area (Å²) in [6.45, 7) is 2.21. The lowest BCUT2D eigenvalue weighted by atomic mass is 9.72. The zero-order chi connectivity index (χ0) is 20.6. The first-order valence-corrected chi connectivity index (χ1v) is 11.8. The Labute approximate surface area is 179 Å². The van der Waals surface area contributed by atoms with Gasteiger partial charge in [-0.3, -0.25) is 0 Å². The maximum atomic E-state index is 6.78. The van der Waals surface area contributed by atoms with E-state index in [2.05, 4.69) is 35.1 Å². The van der Waals surface area contributed by atoms with Crippen molar-refractivity contribution < 1.29 is 9.47 Å². The minimum absolute atomic E-state index is 0.0781. The first kappa shape index (κ1) is 20.1. The van der Waals surface area contributed by atoms with Gasteiger partial charge in [0.05, 0.1) is 23.4 Å². The van der Waals surface area contributed by atoms with Crippen molar-refractivity contribution in [3.05, 3.63) is 47.5 Å². The normalized spacial score (nSPS) is 34.8. The second kappa shape index (κ2) is 8.35. The van der Waals surface area contributed by atoms with E-state index in [1.165, 1.54) is 49.9 Å². The maximum Gasteiger partial charge on any atom is 0.194 e. The number of hydrogen-bond donors (Lipinski definition) is 2. The average Bonchev–Trinajstić information content (AvgIpc) is 3.46. The van der Waals surface area contributed by atoms with E-state index in [-0.39, 0.29) is 18.1 Å². The molecule has 5 heteroatoms. The van der Waals surface area contributed by atoms with Crippen molar-refractivity contribution in [2.24, 2.45) is 10.9 Å². The molecule has 0 saturated carbocycles. The molecule has 1 spiro atoms. The highest BCUT2D eigenvalue weighted by Gasteiger charge is 2.58. The SMILES string of the molecule is CO[C@H]1CC(c2ccc[nH]2)=N[C@]12O[C@H](C)C[C@H]1CCCCCCCc3ccc([nH]3)[C@H]12. The van der Waals surface area contributed by atoms with Gasteiger partial charge < -0.3 is 19.4 Å². The smallest absolute Gasteiger partial charge is 0.194 e. The minimum Gasteiger partial charge on any atom is -0.376 e. The molecule has 3 aliphatic heterocycles. The molecule has 1 fully saturated rings. The van der Waals surface area contributed by atoms with Gasteiger partial charge in [-0.05, 0) is 62.8 Å². The first-order valence-electron chi connectivity index (χ1n) is 11.8. The molecule has 5 heterocycles. The van der Waals surface area contributed by atoms with Crippen LogP contribution in [0.4, 0.5) is 0 Å². The number of nitrogens with one attached hydrogen (secondary N) is 2. The number of fused-ring (bicyclic) bond motifs is 5. The van der Waals surface area contributed by atoms with Crippen LogP contribution >= 0.6 is 0 Å². The fourth-order valence-corrected chi connectivity index (χ4v) is 6.10. The third-order valence-electron chi connectivity index (χ3n) is 7.41. The number of rotatable bonds is 2. The minimum atomic E-state index is -0.663. The van der Waals surface area contributed by atoms with E-state index < -0.39 is 5.72 Å². The molecule has 2 bridgehead atoms. The second-order valence-corrected chi connectivity index (χ2v) is 9.47. The molecule has 5 atom stereocenters. The highest BCUT2D eigenvalue weighted by Crippen LogP contribution is 2.53. The summed E-state index contributed by atoms with van der Waals surface area (Å²) in [5.41, 5.74) is 4.11. The Hall–Kier alpha value is -1.85. The summed E-state index contributed by atoms with van der Waals surface area (Å²) in [7, 11) is 1.81. The fraction of sp³-hybridized carbons (Fsp3) is 0.640. The number of H-pyrrole nitrogens is 2. The van der Waals surface area contributed by atoms with Crippen molar-refractivity contribution in [2.75, 3.05) is 7.11 Å². The molecule has 0 unspecified atom stereocenters. The number of aromatic nitrogens is 2. The Morgan fingerprint density at radius 1 is 1.13 bits per heavy atom. The van der Waals surface area contributed by atoms with Gasteiger partial charge in [0.1, 0.15) is 6.10 Å². The molecule has 0 amide bonds. The average molecular weight is 410 g/mol. The van der Waals surface area contributed by atoms with Crippen LogP contribution in [0.1, 0.15) is 81.3 Å². The van der Waals surface area contributed by atoms with Crippen molar-refractivity contribution >= 4 is 5.71 Å². The molecule has 30 heavy (non-hydrogen) atoms. The predicted molar refractivity (Wildman–Crippen MR) is 119 cm³/mol. The molecule has 2 aromatic heterocycles. The molecule has 0 radical (unpaired) electrons. The van der Waals surface area contributed by atoms with Crippen molar-refractivity contribution in [3.8, 4) is 0 Å². The van der Waals surface area contributed by atoms with Crippen LogP contribution in [0.5, 0.6) is 0 Å². The van der Waals surface area contributed by atoms with Gasteiger partial charge in [0, 0.05) is 31.1 Å². The topological polar surface area (TPSA) is 62.4 Å². The standard InChI is InChI=1S/C25H35N3O2/c1-17-15-18-9-6-4-3-5-7-10-19-12-13-21(27-19)24(18)25(30-17)23(29-2)16-22(28-25)20-11-8-14-26-20/h8,11-14,17-18,23-24,26-27H,3-7,9-10,15-16H2,1-2H3/t17-,18-,23+,24+,25+/m1/s1. The fourth-order valence-electron chi connectivity index (χ4n) is 6.10. The number of hydrogen-bond acceptors (Lipinski definition) is 3. The molecule has 162 valence electrons. The predicted octanol–water partition coefficient (Wildman–Crippen LogP) is 5.35. The molecule has 0 aromatic carbocycles. The van der Waals surface area contributed by atoms with Crippen LogP contribution in [-0.2, 0) is 15.9 Å². The van der Waals surface area contributed by atoms with Gasteiger partial charge >= 0.3 is 0 Å². The van der Waals surface area contributed by atoms with E-state index in [1.54, 1.807) is 0 Å². The zero-order valence-electron chi connectivity index (χ0n) is 18.3. The zero-order valence-corrected chi connectivity index (χ0v) is 18.3. The molecule has 0 aliphatic carbocycles. The lowest BCUT2D eigenvalue weighted by molar-refractivity contribution is -0.200. The Morgan fingerprint density at radius 3 is 2.83 bits per heavy atom. The largest absolute Gasteiger partial charge is 0.376 e. The molecule has 5 nitrogen and oxygen atoms in total. The third kappa shape index (κ3) is 3.56. The highest BCUT2D eigenvalue weighted by molar-refractivity contribution is 6.01. The van der Waals surface area contributed by atoms with Gasteiger partial charge in [0.25, 0.3) is 0 Å². The molecular weight excluding hydrogens is 374 g/mol. The van der Waals surface area contributed by atoms with Gasteiger partial charge in [0.15, 0.2) is 5.72 Å². The van der Waals surface area contributed by atoms with E-state index in [0.29, 0.717) is 5.92 Å². The summed E-state index contributed by atoms with van der Waals surface area (Å²) in [5.74, 6) is 0.739. The molecule has 3 aliphatic rings. The van der Waals surface area contributed by atoms with Gasteiger partial charge in [-0.2, -0.15) is 0 Å². The van der Waals surface area contributed by atoms with Crippen LogP contribution in [-0.4, -0.2) is 40.7 Å². The summed E-state index contributed by atoms with van der Waals surface area (Å²) in [5, 5.41) is 0. The summed E-state index contributed by atoms with van der Waals surface area (Å²) in [6, 6.07) is 8.70. The number of aromatic amines is 2. The summed E-state index contributed by atoms with van der Waals surface area (Å²) in [6.07, 6.45) is 12.9. The Kier molecular flexibility index (Phi) is 5.59. The summed E-state index contributed by atoms with van der Waals surface area (Å²) >= 11 is 0. The lowest BCUT2D eigenvalue weighted by Crippen LogP contribution is -2.54. The maximum absolute atomic E-state index is 6.78. The molecule has 5 rings (SSSR count). The number of methoxy groups -OCH3 is 1. The van der Waals surface area contributed by atoms with Gasteiger partial charge in [-0.15, -0.1) is 0 Å².